The van der Waals surface area contributed by atoms with Crippen LogP contribution in [0.5, 0.6) is 0 Å². The molecule has 1 aromatic heterocycles. The number of piperidine rings is 1. The van der Waals surface area contributed by atoms with Crippen molar-refractivity contribution in [1.29, 1.82) is 0 Å². The highest BCUT2D eigenvalue weighted by atomic mass is 32.1. The van der Waals surface area contributed by atoms with Gasteiger partial charge in [-0.05, 0) is 81.7 Å². The lowest BCUT2D eigenvalue weighted by Crippen LogP contribution is -2.39. The third kappa shape index (κ3) is 6.36. The Morgan fingerprint density at radius 2 is 2.11 bits per heavy atom. The fourth-order valence-electron chi connectivity index (χ4n) is 3.66. The second-order valence-corrected chi connectivity index (χ2v) is 8.09. The average Bonchev–Trinajstić information content (AvgIpc) is 3.16. The monoisotopic (exact) mass is 385 g/mol. The fourth-order valence-corrected chi connectivity index (χ4v) is 3.93. The quantitative estimate of drug-likeness (QED) is 0.685. The van der Waals surface area contributed by atoms with Crippen molar-refractivity contribution in [3.05, 3.63) is 54.0 Å². The Bertz CT molecular complexity index is 699. The van der Waals surface area contributed by atoms with Crippen molar-refractivity contribution in [2.24, 2.45) is 5.92 Å². The number of furan rings is 1. The van der Waals surface area contributed by atoms with Crippen molar-refractivity contribution >= 4 is 23.0 Å². The Labute approximate surface area is 168 Å². The van der Waals surface area contributed by atoms with Crippen LogP contribution in [-0.2, 0) is 6.54 Å². The normalized spacial score (nSPS) is 17.6. The van der Waals surface area contributed by atoms with E-state index < -0.39 is 0 Å². The second kappa shape index (κ2) is 9.90. The highest BCUT2D eigenvalue weighted by Crippen LogP contribution is 2.16. The van der Waals surface area contributed by atoms with Crippen LogP contribution < -0.4 is 5.32 Å². The molecule has 1 aliphatic heterocycles. The summed E-state index contributed by atoms with van der Waals surface area (Å²) >= 11 is 5.71. The molecule has 1 aromatic carbocycles. The number of rotatable bonds is 7. The van der Waals surface area contributed by atoms with Crippen LogP contribution in [0.15, 0.2) is 47.1 Å². The zero-order valence-corrected chi connectivity index (χ0v) is 17.3. The molecule has 0 radical (unpaired) electrons. The molecule has 1 fully saturated rings. The first-order valence-corrected chi connectivity index (χ1v) is 10.4. The molecule has 1 unspecified atom stereocenters. The smallest absolute Gasteiger partial charge is 0.173 e. The summed E-state index contributed by atoms with van der Waals surface area (Å²) in [5.74, 6) is 1.76. The van der Waals surface area contributed by atoms with Gasteiger partial charge in [0.15, 0.2) is 5.11 Å². The molecule has 0 aliphatic carbocycles. The summed E-state index contributed by atoms with van der Waals surface area (Å²) in [6, 6.07) is 12.3. The first kappa shape index (κ1) is 19.9. The lowest BCUT2D eigenvalue weighted by Gasteiger charge is -2.32. The summed E-state index contributed by atoms with van der Waals surface area (Å²) < 4.78 is 5.55. The van der Waals surface area contributed by atoms with Crippen LogP contribution in [-0.4, -0.2) is 41.1 Å². The molecule has 2 aromatic rings. The summed E-state index contributed by atoms with van der Waals surface area (Å²) in [6.07, 6.45) is 5.51. The van der Waals surface area contributed by atoms with Crippen LogP contribution in [0.2, 0.25) is 0 Å². The van der Waals surface area contributed by atoms with Gasteiger partial charge in [0.2, 0.25) is 0 Å². The Balaban J connectivity index is 1.56. The van der Waals surface area contributed by atoms with Gasteiger partial charge in [0, 0.05) is 18.8 Å². The summed E-state index contributed by atoms with van der Waals surface area (Å²) in [4.78, 5) is 4.80. The van der Waals surface area contributed by atoms with Crippen LogP contribution in [0.1, 0.15) is 37.5 Å². The molecule has 1 aliphatic rings. The first-order chi connectivity index (χ1) is 13.1. The van der Waals surface area contributed by atoms with Crippen molar-refractivity contribution in [1.82, 2.24) is 9.80 Å². The molecule has 5 heteroatoms. The molecule has 146 valence electrons. The molecule has 0 spiro atoms. The van der Waals surface area contributed by atoms with Gasteiger partial charge in [-0.1, -0.05) is 24.6 Å². The molecule has 4 nitrogen and oxygen atoms in total. The molecular weight excluding hydrogens is 354 g/mol. The molecule has 3 rings (SSSR count). The number of anilines is 1. The molecule has 1 N–H and O–H groups in total. The molecule has 27 heavy (non-hydrogen) atoms. The van der Waals surface area contributed by atoms with Gasteiger partial charge in [-0.15, -0.1) is 0 Å². The van der Waals surface area contributed by atoms with Crippen molar-refractivity contribution in [2.75, 3.05) is 31.5 Å². The van der Waals surface area contributed by atoms with E-state index in [1.807, 2.05) is 12.1 Å². The van der Waals surface area contributed by atoms with Crippen molar-refractivity contribution in [2.45, 2.75) is 39.7 Å². The number of nitrogens with one attached hydrogen (secondary N) is 1. The fraction of sp³-hybridized carbons (Fsp3) is 0.500. The second-order valence-electron chi connectivity index (χ2n) is 7.70. The van der Waals surface area contributed by atoms with E-state index in [2.05, 4.69) is 53.2 Å². The van der Waals surface area contributed by atoms with Crippen molar-refractivity contribution < 1.29 is 4.42 Å². The molecule has 1 saturated heterocycles. The van der Waals surface area contributed by atoms with Crippen LogP contribution >= 0.6 is 12.2 Å². The van der Waals surface area contributed by atoms with Gasteiger partial charge < -0.3 is 19.5 Å². The predicted molar refractivity (Wildman–Crippen MR) is 116 cm³/mol. The third-order valence-corrected chi connectivity index (χ3v) is 5.52. The topological polar surface area (TPSA) is 31.6 Å². The summed E-state index contributed by atoms with van der Waals surface area (Å²) in [7, 11) is 0. The highest BCUT2D eigenvalue weighted by molar-refractivity contribution is 7.80. The molecule has 0 saturated carbocycles. The lowest BCUT2D eigenvalue weighted by molar-refractivity contribution is 0.177. The van der Waals surface area contributed by atoms with E-state index in [4.69, 9.17) is 16.6 Å². The van der Waals surface area contributed by atoms with Gasteiger partial charge in [0.25, 0.3) is 0 Å². The average molecular weight is 386 g/mol. The van der Waals surface area contributed by atoms with E-state index in [1.165, 1.54) is 31.5 Å². The molecule has 2 heterocycles. The SMILES string of the molecule is Cc1ccc(NC(=S)N(CCCN2CCCC(C)C2)Cc2ccco2)cc1. The maximum Gasteiger partial charge on any atom is 0.173 e. The Morgan fingerprint density at radius 1 is 1.30 bits per heavy atom. The lowest BCUT2D eigenvalue weighted by atomic mass is 10.0. The largest absolute Gasteiger partial charge is 0.467 e. The van der Waals surface area contributed by atoms with E-state index >= 15 is 0 Å². The number of nitrogens with zero attached hydrogens (tertiary/aromatic N) is 2. The van der Waals surface area contributed by atoms with E-state index in [0.717, 1.165) is 42.0 Å². The first-order valence-electron chi connectivity index (χ1n) is 9.97. The number of hydrogen-bond donors (Lipinski definition) is 1. The van der Waals surface area contributed by atoms with E-state index in [9.17, 15) is 0 Å². The zero-order valence-electron chi connectivity index (χ0n) is 16.5. The third-order valence-electron chi connectivity index (χ3n) is 5.16. The Hall–Kier alpha value is -1.85. The number of benzene rings is 1. The summed E-state index contributed by atoms with van der Waals surface area (Å²) in [5, 5.41) is 4.13. The Kier molecular flexibility index (Phi) is 7.30. The zero-order chi connectivity index (χ0) is 19.1. The Morgan fingerprint density at radius 3 is 2.81 bits per heavy atom. The summed E-state index contributed by atoms with van der Waals surface area (Å²) in [5.41, 5.74) is 2.27. The van der Waals surface area contributed by atoms with Crippen LogP contribution in [0.3, 0.4) is 0 Å². The number of hydrogen-bond acceptors (Lipinski definition) is 3. The van der Waals surface area contributed by atoms with E-state index in [1.54, 1.807) is 6.26 Å². The van der Waals surface area contributed by atoms with Gasteiger partial charge in [-0.25, -0.2) is 0 Å². The maximum absolute atomic E-state index is 5.71. The van der Waals surface area contributed by atoms with Gasteiger partial charge in [-0.3, -0.25) is 0 Å². The molecule has 0 bridgehead atoms. The number of aryl methyl sites for hydroxylation is 1. The maximum atomic E-state index is 5.71. The van der Waals surface area contributed by atoms with E-state index in [-0.39, 0.29) is 0 Å². The van der Waals surface area contributed by atoms with Crippen LogP contribution in [0.25, 0.3) is 0 Å². The highest BCUT2D eigenvalue weighted by Gasteiger charge is 2.17. The number of likely N-dealkylation sites (tertiary alicyclic amines) is 1. The van der Waals surface area contributed by atoms with Crippen LogP contribution in [0, 0.1) is 12.8 Å². The minimum absolute atomic E-state index is 0.696. The van der Waals surface area contributed by atoms with Gasteiger partial charge in [0.05, 0.1) is 12.8 Å². The standard InChI is InChI=1S/C22H31N3OS/c1-18-8-10-20(11-9-18)23-22(27)25(17-21-7-4-15-26-21)14-5-13-24-12-3-6-19(2)16-24/h4,7-11,15,19H,3,5-6,12-14,16-17H2,1-2H3,(H,23,27). The predicted octanol–water partition coefficient (Wildman–Crippen LogP) is 4.91. The molecule has 0 amide bonds. The molecular formula is C22H31N3OS. The van der Waals surface area contributed by atoms with Gasteiger partial charge >= 0.3 is 0 Å². The van der Waals surface area contributed by atoms with Crippen molar-refractivity contribution in [3.8, 4) is 0 Å². The minimum atomic E-state index is 0.696. The van der Waals surface area contributed by atoms with Gasteiger partial charge in [-0.2, -0.15) is 0 Å². The number of thiocarbonyl (C=S) groups is 1. The minimum Gasteiger partial charge on any atom is -0.467 e. The van der Waals surface area contributed by atoms with Gasteiger partial charge in [0.1, 0.15) is 5.76 Å². The van der Waals surface area contributed by atoms with Crippen molar-refractivity contribution in [3.63, 3.8) is 0 Å². The van der Waals surface area contributed by atoms with E-state index in [0.29, 0.717) is 6.54 Å². The molecule has 1 atom stereocenters. The summed E-state index contributed by atoms with van der Waals surface area (Å²) in [6.45, 7) is 9.65. The van der Waals surface area contributed by atoms with Crippen LogP contribution in [0.4, 0.5) is 5.69 Å².